The molecule has 132 valence electrons. The van der Waals surface area contributed by atoms with E-state index in [4.69, 9.17) is 4.42 Å². The number of carbonyl (C=O) groups excluding carboxylic acids is 1. The number of hydrogen-bond acceptors (Lipinski definition) is 4. The second kappa shape index (κ2) is 6.28. The van der Waals surface area contributed by atoms with E-state index in [9.17, 15) is 14.3 Å². The molecule has 2 N–H and O–H groups in total. The van der Waals surface area contributed by atoms with Crippen LogP contribution in [0.25, 0.3) is 0 Å². The monoisotopic (exact) mass is 344 g/mol. The zero-order valence-corrected chi connectivity index (χ0v) is 13.8. The van der Waals surface area contributed by atoms with Crippen LogP contribution in [-0.4, -0.2) is 34.5 Å². The van der Waals surface area contributed by atoms with E-state index >= 15 is 0 Å². The van der Waals surface area contributed by atoms with Gasteiger partial charge in [-0.3, -0.25) is 9.69 Å². The number of carbonyl (C=O) groups is 1. The Morgan fingerprint density at radius 2 is 1.92 bits per heavy atom. The van der Waals surface area contributed by atoms with Crippen LogP contribution >= 0.6 is 0 Å². The Bertz CT molecular complexity index is 731. The van der Waals surface area contributed by atoms with Gasteiger partial charge in [0.05, 0.1) is 12.8 Å². The Kier molecular flexibility index (Phi) is 4.09. The summed E-state index contributed by atoms with van der Waals surface area (Å²) in [6, 6.07) is 9.67. The Hall–Kier alpha value is -2.18. The number of fused-ring (bicyclic) bond motifs is 2. The van der Waals surface area contributed by atoms with Crippen molar-refractivity contribution in [1.82, 2.24) is 4.90 Å². The van der Waals surface area contributed by atoms with Gasteiger partial charge in [-0.2, -0.15) is 0 Å². The van der Waals surface area contributed by atoms with E-state index < -0.39 is 5.60 Å². The molecule has 0 spiro atoms. The van der Waals surface area contributed by atoms with Crippen LogP contribution in [0.3, 0.4) is 0 Å². The van der Waals surface area contributed by atoms with Gasteiger partial charge in [0.25, 0.3) is 0 Å². The largest absolute Gasteiger partial charge is 0.466 e. The van der Waals surface area contributed by atoms with Crippen molar-refractivity contribution < 1.29 is 18.7 Å². The highest BCUT2D eigenvalue weighted by Gasteiger charge is 2.49. The molecule has 2 unspecified atom stereocenters. The molecule has 0 radical (unpaired) electrons. The first-order valence-electron chi connectivity index (χ1n) is 8.61. The number of nitrogens with zero attached hydrogens (tertiary/aromatic N) is 1. The van der Waals surface area contributed by atoms with Gasteiger partial charge >= 0.3 is 0 Å². The third-order valence-corrected chi connectivity index (χ3v) is 5.35. The molecule has 2 aromatic rings. The number of benzene rings is 1. The van der Waals surface area contributed by atoms with Crippen LogP contribution in [0, 0.1) is 5.82 Å². The number of piperidine rings is 1. The van der Waals surface area contributed by atoms with E-state index in [1.54, 1.807) is 24.5 Å². The lowest BCUT2D eigenvalue weighted by atomic mass is 9.84. The van der Waals surface area contributed by atoms with Gasteiger partial charge in [0.1, 0.15) is 17.2 Å². The minimum absolute atomic E-state index is 0.119. The van der Waals surface area contributed by atoms with Crippen molar-refractivity contribution in [1.29, 1.82) is 0 Å². The number of amides is 1. The summed E-state index contributed by atoms with van der Waals surface area (Å²) in [4.78, 5) is 14.5. The minimum atomic E-state index is -0.945. The average molecular weight is 344 g/mol. The van der Waals surface area contributed by atoms with Crippen LogP contribution in [0.5, 0.6) is 0 Å². The molecule has 2 saturated heterocycles. The first-order chi connectivity index (χ1) is 12.0. The van der Waals surface area contributed by atoms with Crippen molar-refractivity contribution in [2.24, 2.45) is 0 Å². The van der Waals surface area contributed by atoms with Crippen molar-refractivity contribution in [3.63, 3.8) is 0 Å². The Balaban J connectivity index is 1.41. The quantitative estimate of drug-likeness (QED) is 0.895. The van der Waals surface area contributed by atoms with Gasteiger partial charge in [0.15, 0.2) is 0 Å². The molecule has 2 aliphatic heterocycles. The number of halogens is 1. The lowest BCUT2D eigenvalue weighted by molar-refractivity contribution is -0.121. The molecule has 2 atom stereocenters. The molecule has 2 fully saturated rings. The third-order valence-electron chi connectivity index (χ3n) is 5.35. The van der Waals surface area contributed by atoms with E-state index in [0.717, 1.165) is 12.8 Å². The minimum Gasteiger partial charge on any atom is -0.466 e. The zero-order chi connectivity index (χ0) is 17.4. The maximum absolute atomic E-state index is 12.9. The van der Waals surface area contributed by atoms with Crippen LogP contribution in [0.4, 0.5) is 10.1 Å². The molecular weight excluding hydrogens is 323 g/mol. The lowest BCUT2D eigenvalue weighted by Crippen LogP contribution is -2.51. The maximum atomic E-state index is 12.9. The number of furan rings is 1. The highest BCUT2D eigenvalue weighted by Crippen LogP contribution is 2.45. The molecule has 2 aliphatic rings. The summed E-state index contributed by atoms with van der Waals surface area (Å²) in [5.41, 5.74) is -0.359. The SMILES string of the molecule is O=C(CN1C2CCC1CC(O)(c1ccco1)C2)Nc1ccc(F)cc1. The number of nitrogens with one attached hydrogen (secondary N) is 1. The fourth-order valence-corrected chi connectivity index (χ4v) is 4.22. The Morgan fingerprint density at radius 3 is 2.52 bits per heavy atom. The molecule has 3 heterocycles. The van der Waals surface area contributed by atoms with Gasteiger partial charge < -0.3 is 14.8 Å². The van der Waals surface area contributed by atoms with Gasteiger partial charge in [-0.15, -0.1) is 0 Å². The summed E-state index contributed by atoms with van der Waals surface area (Å²) in [5.74, 6) is 0.163. The number of hydrogen-bond donors (Lipinski definition) is 2. The van der Waals surface area contributed by atoms with Crippen LogP contribution in [-0.2, 0) is 10.4 Å². The molecule has 6 heteroatoms. The molecule has 4 rings (SSSR count). The van der Waals surface area contributed by atoms with Gasteiger partial charge in [-0.1, -0.05) is 0 Å². The predicted molar refractivity (Wildman–Crippen MR) is 90.4 cm³/mol. The first-order valence-corrected chi connectivity index (χ1v) is 8.61. The van der Waals surface area contributed by atoms with E-state index in [2.05, 4.69) is 10.2 Å². The number of anilines is 1. The van der Waals surface area contributed by atoms with Crippen LogP contribution < -0.4 is 5.32 Å². The summed E-state index contributed by atoms with van der Waals surface area (Å²) in [7, 11) is 0. The molecule has 5 nitrogen and oxygen atoms in total. The van der Waals surface area contributed by atoms with Crippen molar-refractivity contribution >= 4 is 11.6 Å². The smallest absolute Gasteiger partial charge is 0.238 e. The summed E-state index contributed by atoms with van der Waals surface area (Å²) < 4.78 is 18.4. The predicted octanol–water partition coefficient (Wildman–Crippen LogP) is 2.87. The molecule has 1 aromatic carbocycles. The van der Waals surface area contributed by atoms with Gasteiger partial charge in [0, 0.05) is 17.8 Å². The van der Waals surface area contributed by atoms with Crippen molar-refractivity contribution in [2.75, 3.05) is 11.9 Å². The zero-order valence-electron chi connectivity index (χ0n) is 13.8. The molecular formula is C19H21FN2O3. The number of aliphatic hydroxyl groups is 1. The fourth-order valence-electron chi connectivity index (χ4n) is 4.22. The fraction of sp³-hybridized carbons (Fsp3) is 0.421. The summed E-state index contributed by atoms with van der Waals surface area (Å²) >= 11 is 0. The molecule has 25 heavy (non-hydrogen) atoms. The van der Waals surface area contributed by atoms with Crippen molar-refractivity contribution in [3.8, 4) is 0 Å². The van der Waals surface area contributed by atoms with Crippen LogP contribution in [0.2, 0.25) is 0 Å². The summed E-state index contributed by atoms with van der Waals surface area (Å²) in [6.07, 6.45) is 4.66. The first kappa shape index (κ1) is 16.3. The summed E-state index contributed by atoms with van der Waals surface area (Å²) in [6.45, 7) is 0.279. The van der Waals surface area contributed by atoms with Crippen molar-refractivity contribution in [2.45, 2.75) is 43.4 Å². The standard InChI is InChI=1S/C19H21FN2O3/c20-13-3-5-14(6-4-13)21-18(23)12-22-15-7-8-16(22)11-19(24,10-15)17-2-1-9-25-17/h1-6,9,15-16,24H,7-8,10-12H2,(H,21,23). The lowest BCUT2D eigenvalue weighted by Gasteiger charge is -2.42. The third kappa shape index (κ3) is 3.19. The van der Waals surface area contributed by atoms with E-state index in [1.165, 1.54) is 12.1 Å². The van der Waals surface area contributed by atoms with E-state index in [-0.39, 0.29) is 30.4 Å². The second-order valence-corrected chi connectivity index (χ2v) is 7.03. The highest BCUT2D eigenvalue weighted by molar-refractivity contribution is 5.92. The van der Waals surface area contributed by atoms with Crippen molar-refractivity contribution in [3.05, 3.63) is 54.2 Å². The Morgan fingerprint density at radius 1 is 1.24 bits per heavy atom. The van der Waals surface area contributed by atoms with E-state index in [0.29, 0.717) is 24.3 Å². The topological polar surface area (TPSA) is 65.7 Å². The van der Waals surface area contributed by atoms with Gasteiger partial charge in [-0.05, 0) is 62.1 Å². The molecule has 1 aromatic heterocycles. The molecule has 1 amide bonds. The molecule has 0 saturated carbocycles. The Labute approximate surface area is 145 Å². The molecule has 0 aliphatic carbocycles. The molecule has 2 bridgehead atoms. The van der Waals surface area contributed by atoms with Gasteiger partial charge in [-0.25, -0.2) is 4.39 Å². The summed E-state index contributed by atoms with van der Waals surface area (Å²) in [5, 5.41) is 13.8. The van der Waals surface area contributed by atoms with Gasteiger partial charge in [0.2, 0.25) is 5.91 Å². The van der Waals surface area contributed by atoms with Crippen LogP contribution in [0.15, 0.2) is 47.1 Å². The van der Waals surface area contributed by atoms with E-state index in [1.807, 2.05) is 6.07 Å². The second-order valence-electron chi connectivity index (χ2n) is 7.03. The van der Waals surface area contributed by atoms with Crippen LogP contribution in [0.1, 0.15) is 31.4 Å². The normalized spacial score (nSPS) is 28.9. The number of rotatable bonds is 4. The maximum Gasteiger partial charge on any atom is 0.238 e. The average Bonchev–Trinajstić information content (AvgIpc) is 3.19. The highest BCUT2D eigenvalue weighted by atomic mass is 19.1.